The summed E-state index contributed by atoms with van der Waals surface area (Å²) < 4.78 is 9.59. The fraction of sp³-hybridized carbons (Fsp3) is 0. The Labute approximate surface area is 392 Å². The monoisotopic (exact) mass is 871 g/mol. The van der Waals surface area contributed by atoms with E-state index in [1.54, 1.807) is 0 Å². The minimum atomic E-state index is 0.856. The van der Waals surface area contributed by atoms with E-state index in [0.717, 1.165) is 61.3 Å². The van der Waals surface area contributed by atoms with E-state index in [4.69, 9.17) is 4.42 Å². The molecule has 0 spiro atoms. The van der Waals surface area contributed by atoms with Crippen LogP contribution in [0.2, 0.25) is 0 Å². The number of fused-ring (bicyclic) bond motifs is 7. The van der Waals surface area contributed by atoms with E-state index in [1.807, 2.05) is 11.3 Å². The Morgan fingerprint density at radius 2 is 0.851 bits per heavy atom. The van der Waals surface area contributed by atoms with Crippen molar-refractivity contribution in [3.05, 3.63) is 249 Å². The fourth-order valence-electron chi connectivity index (χ4n) is 10.1. The lowest BCUT2D eigenvalue weighted by Gasteiger charge is -2.27. The Bertz CT molecular complexity index is 3950. The van der Waals surface area contributed by atoms with Gasteiger partial charge in [-0.05, 0) is 115 Å². The zero-order valence-corrected chi connectivity index (χ0v) is 37.3. The molecule has 2 heterocycles. The van der Waals surface area contributed by atoms with Crippen molar-refractivity contribution >= 4 is 81.3 Å². The molecule has 0 saturated carbocycles. The first kappa shape index (κ1) is 38.9. The first-order valence-corrected chi connectivity index (χ1v) is 23.6. The van der Waals surface area contributed by atoms with Gasteiger partial charge in [0.05, 0.1) is 11.1 Å². The molecule has 0 aliphatic carbocycles. The molecular formula is C64H41NOS. The van der Waals surface area contributed by atoms with Gasteiger partial charge < -0.3 is 9.32 Å². The molecule has 0 bridgehead atoms. The number of nitrogens with zero attached hydrogens (tertiary/aromatic N) is 1. The topological polar surface area (TPSA) is 16.4 Å². The Morgan fingerprint density at radius 3 is 1.54 bits per heavy atom. The van der Waals surface area contributed by atoms with Crippen LogP contribution in [0.25, 0.3) is 109 Å². The normalized spacial score (nSPS) is 11.6. The lowest BCUT2D eigenvalue weighted by atomic mass is 9.89. The summed E-state index contributed by atoms with van der Waals surface area (Å²) in [7, 11) is 0. The van der Waals surface area contributed by atoms with Gasteiger partial charge in [-0.2, -0.15) is 0 Å². The Balaban J connectivity index is 1.04. The first-order valence-electron chi connectivity index (χ1n) is 22.8. The summed E-state index contributed by atoms with van der Waals surface area (Å²) >= 11 is 1.85. The van der Waals surface area contributed by atoms with Crippen molar-refractivity contribution < 1.29 is 4.42 Å². The van der Waals surface area contributed by atoms with Gasteiger partial charge in [0.1, 0.15) is 11.2 Å². The number of hydrogen-bond acceptors (Lipinski definition) is 3. The third-order valence-corrected chi connectivity index (χ3v) is 14.4. The van der Waals surface area contributed by atoms with Crippen molar-refractivity contribution in [2.45, 2.75) is 0 Å². The molecule has 0 aliphatic heterocycles. The predicted octanol–water partition coefficient (Wildman–Crippen LogP) is 18.9. The molecule has 0 atom stereocenters. The molecule has 0 fully saturated rings. The van der Waals surface area contributed by atoms with Gasteiger partial charge in [-0.25, -0.2) is 0 Å². The van der Waals surface area contributed by atoms with Gasteiger partial charge in [0, 0.05) is 42.5 Å². The third kappa shape index (κ3) is 6.79. The van der Waals surface area contributed by atoms with Crippen LogP contribution in [0.3, 0.4) is 0 Å². The van der Waals surface area contributed by atoms with Crippen LogP contribution < -0.4 is 4.90 Å². The second-order valence-corrected chi connectivity index (χ2v) is 18.3. The summed E-state index contributed by atoms with van der Waals surface area (Å²) in [6.07, 6.45) is 0. The van der Waals surface area contributed by atoms with Crippen LogP contribution in [-0.4, -0.2) is 0 Å². The lowest BCUT2D eigenvalue weighted by Crippen LogP contribution is -2.10. The average Bonchev–Trinajstić information content (AvgIpc) is 3.98. The van der Waals surface area contributed by atoms with Crippen LogP contribution >= 0.6 is 11.3 Å². The van der Waals surface area contributed by atoms with Crippen LogP contribution in [0, 0.1) is 0 Å². The second-order valence-electron chi connectivity index (χ2n) is 17.2. The van der Waals surface area contributed by atoms with Crippen LogP contribution in [0.4, 0.5) is 17.1 Å². The maximum atomic E-state index is 7.07. The van der Waals surface area contributed by atoms with Crippen LogP contribution in [0.5, 0.6) is 0 Å². The van der Waals surface area contributed by atoms with Gasteiger partial charge in [0.25, 0.3) is 0 Å². The Kier molecular flexibility index (Phi) is 9.40. The highest BCUT2D eigenvalue weighted by molar-refractivity contribution is 7.25. The summed E-state index contributed by atoms with van der Waals surface area (Å²) in [6.45, 7) is 0. The molecule has 0 radical (unpaired) electrons. The minimum Gasteiger partial charge on any atom is -0.455 e. The van der Waals surface area contributed by atoms with E-state index in [-0.39, 0.29) is 0 Å². The van der Waals surface area contributed by atoms with Crippen molar-refractivity contribution in [3.63, 3.8) is 0 Å². The zero-order valence-electron chi connectivity index (χ0n) is 36.4. The van der Waals surface area contributed by atoms with Gasteiger partial charge in [-0.15, -0.1) is 11.3 Å². The number of anilines is 3. The lowest BCUT2D eigenvalue weighted by molar-refractivity contribution is 0.670. The van der Waals surface area contributed by atoms with Crippen molar-refractivity contribution in [3.8, 4) is 55.6 Å². The smallest absolute Gasteiger partial charge is 0.145 e. The Hall–Kier alpha value is -8.50. The minimum absolute atomic E-state index is 0.856. The van der Waals surface area contributed by atoms with E-state index >= 15 is 0 Å². The quantitative estimate of drug-likeness (QED) is 0.151. The molecule has 3 heteroatoms. The van der Waals surface area contributed by atoms with Gasteiger partial charge >= 0.3 is 0 Å². The summed E-state index contributed by atoms with van der Waals surface area (Å²) in [4.78, 5) is 2.43. The summed E-state index contributed by atoms with van der Waals surface area (Å²) in [5.74, 6) is 0. The number of hydrogen-bond donors (Lipinski definition) is 0. The highest BCUT2D eigenvalue weighted by Crippen LogP contribution is 2.49. The van der Waals surface area contributed by atoms with Crippen molar-refractivity contribution in [1.29, 1.82) is 0 Å². The standard InChI is InChI=1S/C64H41NOS/c1-5-15-42(16-6-1)48-29-35-57-59(39-48)66-64-54(45-21-11-4-12-22-45)37-38-58(63(57)64)65(51-32-36-56-55-34-28-49(43-17-7-2-8-18-43)40-60(55)67-61(56)41-51)50-30-25-47(26-31-50)62-52-24-14-13-23-46(52)27-33-53(62)44-19-9-3-10-20-44/h1-41H. The summed E-state index contributed by atoms with van der Waals surface area (Å²) in [5, 5.41) is 7.13. The molecule has 0 saturated heterocycles. The van der Waals surface area contributed by atoms with E-state index in [2.05, 4.69) is 254 Å². The molecule has 2 nitrogen and oxygen atoms in total. The summed E-state index contributed by atoms with van der Waals surface area (Å²) in [6, 6.07) is 90.0. The number of furan rings is 1. The molecule has 67 heavy (non-hydrogen) atoms. The molecule has 0 N–H and O–H groups in total. The molecule has 0 unspecified atom stereocenters. The largest absolute Gasteiger partial charge is 0.455 e. The maximum Gasteiger partial charge on any atom is 0.145 e. The molecule has 0 aliphatic rings. The highest BCUT2D eigenvalue weighted by Gasteiger charge is 2.24. The maximum absolute atomic E-state index is 7.07. The molecule has 314 valence electrons. The van der Waals surface area contributed by atoms with E-state index < -0.39 is 0 Å². The van der Waals surface area contributed by atoms with E-state index in [0.29, 0.717) is 0 Å². The van der Waals surface area contributed by atoms with Crippen molar-refractivity contribution in [2.75, 3.05) is 4.90 Å². The number of rotatable bonds is 8. The molecule has 2 aromatic heterocycles. The molecule has 13 aromatic rings. The van der Waals surface area contributed by atoms with Gasteiger partial charge in [0.2, 0.25) is 0 Å². The molecule has 0 amide bonds. The molecular weight excluding hydrogens is 831 g/mol. The second kappa shape index (κ2) is 16.2. The van der Waals surface area contributed by atoms with Gasteiger partial charge in [-0.1, -0.05) is 194 Å². The van der Waals surface area contributed by atoms with Crippen molar-refractivity contribution in [1.82, 2.24) is 0 Å². The van der Waals surface area contributed by atoms with Gasteiger partial charge in [-0.3, -0.25) is 0 Å². The van der Waals surface area contributed by atoms with Crippen LogP contribution in [0.15, 0.2) is 253 Å². The fourth-order valence-corrected chi connectivity index (χ4v) is 11.2. The van der Waals surface area contributed by atoms with Crippen LogP contribution in [-0.2, 0) is 0 Å². The van der Waals surface area contributed by atoms with E-state index in [1.165, 1.54) is 64.3 Å². The first-order chi connectivity index (χ1) is 33.2. The van der Waals surface area contributed by atoms with Crippen LogP contribution in [0.1, 0.15) is 0 Å². The highest BCUT2D eigenvalue weighted by atomic mass is 32.1. The Morgan fingerprint density at radius 1 is 0.328 bits per heavy atom. The predicted molar refractivity (Wildman–Crippen MR) is 286 cm³/mol. The average molecular weight is 872 g/mol. The summed E-state index contributed by atoms with van der Waals surface area (Å²) in [5.41, 5.74) is 16.6. The van der Waals surface area contributed by atoms with Gasteiger partial charge in [0.15, 0.2) is 0 Å². The third-order valence-electron chi connectivity index (χ3n) is 13.3. The number of thiophene rings is 1. The SMILES string of the molecule is c1ccc(-c2ccc3c(c2)oc2c(-c4ccccc4)ccc(N(c4ccc(-c5c(-c6ccccc6)ccc6ccccc56)cc4)c4ccc5c(c4)sc4cc(-c6ccccc6)ccc45)c23)cc1. The number of benzene rings is 11. The van der Waals surface area contributed by atoms with Crippen molar-refractivity contribution in [2.24, 2.45) is 0 Å². The molecule has 13 rings (SSSR count). The zero-order chi connectivity index (χ0) is 44.3. The molecule has 11 aromatic carbocycles. The van der Waals surface area contributed by atoms with E-state index in [9.17, 15) is 0 Å².